The zero-order chi connectivity index (χ0) is 15.7. The molecule has 0 saturated heterocycles. The van der Waals surface area contributed by atoms with E-state index in [1.165, 1.54) is 12.8 Å². The van der Waals surface area contributed by atoms with Crippen molar-refractivity contribution < 1.29 is 15.0 Å². The molecule has 4 aliphatic rings. The molecule has 22 heavy (non-hydrogen) atoms. The second-order valence-corrected chi connectivity index (χ2v) is 9.16. The lowest BCUT2D eigenvalue weighted by Crippen LogP contribution is -2.54. The largest absolute Gasteiger partial charge is 0.393 e. The van der Waals surface area contributed by atoms with Crippen molar-refractivity contribution in [1.82, 2.24) is 0 Å². The first-order chi connectivity index (χ1) is 10.4. The maximum atomic E-state index is 12.5. The molecule has 0 bridgehead atoms. The Labute approximate surface area is 133 Å². The first kappa shape index (κ1) is 15.1. The predicted octanol–water partition coefficient (Wildman–Crippen LogP) is 2.93. The van der Waals surface area contributed by atoms with Crippen molar-refractivity contribution in [3.05, 3.63) is 0 Å². The van der Waals surface area contributed by atoms with Crippen LogP contribution in [0.5, 0.6) is 0 Å². The Balaban J connectivity index is 1.64. The van der Waals surface area contributed by atoms with Crippen molar-refractivity contribution in [2.75, 3.05) is 0 Å². The lowest BCUT2D eigenvalue weighted by molar-refractivity contribution is -0.144. The van der Waals surface area contributed by atoms with Crippen LogP contribution in [0.25, 0.3) is 0 Å². The van der Waals surface area contributed by atoms with Gasteiger partial charge in [-0.1, -0.05) is 13.8 Å². The molecule has 4 saturated carbocycles. The third-order valence-electron chi connectivity index (χ3n) is 8.37. The molecule has 0 aliphatic heterocycles. The number of hydrogen-bond acceptors (Lipinski definition) is 3. The number of hydrogen-bond donors (Lipinski definition) is 2. The Bertz CT molecular complexity index is 489. The molecule has 0 unspecified atom stereocenters. The highest BCUT2D eigenvalue weighted by Gasteiger charge is 2.62. The number of rotatable bonds is 0. The van der Waals surface area contributed by atoms with Crippen molar-refractivity contribution in [3.8, 4) is 0 Å². The molecule has 0 radical (unpaired) electrons. The van der Waals surface area contributed by atoms with Crippen LogP contribution < -0.4 is 0 Å². The summed E-state index contributed by atoms with van der Waals surface area (Å²) in [7, 11) is 0. The maximum Gasteiger partial charge on any atom is 0.167 e. The van der Waals surface area contributed by atoms with Gasteiger partial charge in [-0.3, -0.25) is 4.79 Å². The van der Waals surface area contributed by atoms with E-state index in [-0.39, 0.29) is 17.3 Å². The van der Waals surface area contributed by atoms with E-state index in [1.54, 1.807) is 0 Å². The first-order valence-corrected chi connectivity index (χ1v) is 9.26. The van der Waals surface area contributed by atoms with Crippen LogP contribution >= 0.6 is 0 Å². The van der Waals surface area contributed by atoms with Gasteiger partial charge in [0.1, 0.15) is 6.10 Å². The van der Waals surface area contributed by atoms with Gasteiger partial charge in [0.05, 0.1) is 6.10 Å². The van der Waals surface area contributed by atoms with Crippen LogP contribution in [0.3, 0.4) is 0 Å². The molecule has 0 heterocycles. The molecule has 0 aromatic carbocycles. The minimum absolute atomic E-state index is 0.0987. The highest BCUT2D eigenvalue weighted by molar-refractivity contribution is 5.91. The van der Waals surface area contributed by atoms with Gasteiger partial charge in [-0.2, -0.15) is 0 Å². The van der Waals surface area contributed by atoms with E-state index in [9.17, 15) is 15.0 Å². The lowest BCUT2D eigenvalue weighted by Gasteiger charge is -2.59. The van der Waals surface area contributed by atoms with Gasteiger partial charge in [-0.05, 0) is 80.5 Å². The minimum Gasteiger partial charge on any atom is -0.393 e. The summed E-state index contributed by atoms with van der Waals surface area (Å²) < 4.78 is 0. The highest BCUT2D eigenvalue weighted by atomic mass is 16.3. The molecule has 0 aromatic heterocycles. The molecule has 0 spiro atoms. The number of fused-ring (bicyclic) bond motifs is 5. The fourth-order valence-electron chi connectivity index (χ4n) is 7.02. The van der Waals surface area contributed by atoms with Gasteiger partial charge < -0.3 is 10.2 Å². The number of aliphatic hydroxyl groups excluding tert-OH is 2. The van der Waals surface area contributed by atoms with E-state index in [0.717, 1.165) is 32.1 Å². The Morgan fingerprint density at radius 3 is 2.50 bits per heavy atom. The van der Waals surface area contributed by atoms with Crippen LogP contribution in [0.2, 0.25) is 0 Å². The lowest BCUT2D eigenvalue weighted by atomic mass is 9.45. The SMILES string of the molecule is C[C@]12CC[C@H](O)C[C@@H]1CC[C@@H]1[C@H]2CC[C@@]2(C)C(=O)[C@@H](O)C[C@@H]12. The fourth-order valence-corrected chi connectivity index (χ4v) is 7.02. The summed E-state index contributed by atoms with van der Waals surface area (Å²) in [5.41, 5.74) is 0.0814. The van der Waals surface area contributed by atoms with E-state index in [1.807, 2.05) is 0 Å². The predicted molar refractivity (Wildman–Crippen MR) is 84.1 cm³/mol. The van der Waals surface area contributed by atoms with Crippen LogP contribution in [0, 0.1) is 34.5 Å². The quantitative estimate of drug-likeness (QED) is 0.723. The zero-order valence-corrected chi connectivity index (χ0v) is 13.9. The van der Waals surface area contributed by atoms with Gasteiger partial charge in [0, 0.05) is 5.41 Å². The molecule has 4 fully saturated rings. The van der Waals surface area contributed by atoms with E-state index in [0.29, 0.717) is 35.5 Å². The Morgan fingerprint density at radius 1 is 0.955 bits per heavy atom. The summed E-state index contributed by atoms with van der Waals surface area (Å²) in [4.78, 5) is 12.5. The van der Waals surface area contributed by atoms with Gasteiger partial charge in [0.25, 0.3) is 0 Å². The second-order valence-electron chi connectivity index (χ2n) is 9.16. The van der Waals surface area contributed by atoms with Crippen molar-refractivity contribution in [2.24, 2.45) is 34.5 Å². The molecule has 0 amide bonds. The number of ketones is 1. The van der Waals surface area contributed by atoms with Gasteiger partial charge in [-0.15, -0.1) is 0 Å². The topological polar surface area (TPSA) is 57.5 Å². The second kappa shape index (κ2) is 4.80. The maximum absolute atomic E-state index is 12.5. The summed E-state index contributed by atoms with van der Waals surface area (Å²) in [6.45, 7) is 4.57. The van der Waals surface area contributed by atoms with Crippen molar-refractivity contribution in [3.63, 3.8) is 0 Å². The molecule has 124 valence electrons. The van der Waals surface area contributed by atoms with E-state index >= 15 is 0 Å². The number of Topliss-reactive ketones (excluding diaryl/α,β-unsaturated/α-hetero) is 1. The van der Waals surface area contributed by atoms with Gasteiger partial charge in [0.15, 0.2) is 5.78 Å². The van der Waals surface area contributed by atoms with Crippen molar-refractivity contribution in [1.29, 1.82) is 0 Å². The van der Waals surface area contributed by atoms with Crippen LogP contribution in [0.15, 0.2) is 0 Å². The Kier molecular flexibility index (Phi) is 3.30. The van der Waals surface area contributed by atoms with Crippen molar-refractivity contribution in [2.45, 2.75) is 77.4 Å². The Morgan fingerprint density at radius 2 is 1.73 bits per heavy atom. The summed E-state index contributed by atoms with van der Waals surface area (Å²) >= 11 is 0. The third-order valence-corrected chi connectivity index (χ3v) is 8.37. The summed E-state index contributed by atoms with van der Waals surface area (Å²) in [5.74, 6) is 2.45. The van der Waals surface area contributed by atoms with Crippen LogP contribution in [0.1, 0.15) is 65.2 Å². The molecule has 4 rings (SSSR count). The average Bonchev–Trinajstić information content (AvgIpc) is 2.72. The average molecular weight is 306 g/mol. The normalized spacial score (nSPS) is 57.9. The third kappa shape index (κ3) is 1.84. The summed E-state index contributed by atoms with van der Waals surface area (Å²) in [5, 5.41) is 20.2. The molecule has 0 aromatic rings. The number of aliphatic hydroxyl groups is 2. The monoisotopic (exact) mass is 306 g/mol. The van der Waals surface area contributed by atoms with E-state index < -0.39 is 6.10 Å². The van der Waals surface area contributed by atoms with Gasteiger partial charge in [-0.25, -0.2) is 0 Å². The standard InChI is InChI=1S/C19H30O3/c1-18-7-5-12(20)9-11(18)3-4-13-14(18)6-8-19(2)15(13)10-16(21)17(19)22/h11-16,20-21H,3-10H2,1-2H3/t11-,12-,13+,14+,15-,16-,18-,19+/m0/s1. The number of carbonyl (C=O) groups excluding carboxylic acids is 1. The molecule has 2 N–H and O–H groups in total. The molecular formula is C19H30O3. The van der Waals surface area contributed by atoms with E-state index in [4.69, 9.17) is 0 Å². The highest BCUT2D eigenvalue weighted by Crippen LogP contribution is 2.65. The zero-order valence-electron chi connectivity index (χ0n) is 13.9. The van der Waals surface area contributed by atoms with Crippen LogP contribution in [-0.2, 0) is 4.79 Å². The minimum atomic E-state index is -0.715. The smallest absolute Gasteiger partial charge is 0.167 e. The van der Waals surface area contributed by atoms with Crippen LogP contribution in [-0.4, -0.2) is 28.2 Å². The van der Waals surface area contributed by atoms with Crippen molar-refractivity contribution >= 4 is 5.78 Å². The summed E-state index contributed by atoms with van der Waals surface area (Å²) in [6.07, 6.45) is 7.43. The Hall–Kier alpha value is -0.410. The first-order valence-electron chi connectivity index (χ1n) is 9.26. The number of carbonyl (C=O) groups is 1. The van der Waals surface area contributed by atoms with E-state index in [2.05, 4.69) is 13.8 Å². The molecule has 3 heteroatoms. The van der Waals surface area contributed by atoms with Gasteiger partial charge >= 0.3 is 0 Å². The molecule has 8 atom stereocenters. The summed E-state index contributed by atoms with van der Waals surface area (Å²) in [6, 6.07) is 0. The molecule has 4 aliphatic carbocycles. The fraction of sp³-hybridized carbons (Fsp3) is 0.947. The van der Waals surface area contributed by atoms with Gasteiger partial charge in [0.2, 0.25) is 0 Å². The molecule has 3 nitrogen and oxygen atoms in total. The van der Waals surface area contributed by atoms with Crippen LogP contribution in [0.4, 0.5) is 0 Å². The molecular weight excluding hydrogens is 276 g/mol.